The molecule has 4 heteroatoms. The van der Waals surface area contributed by atoms with Gasteiger partial charge in [-0.05, 0) is 6.92 Å². The Morgan fingerprint density at radius 2 is 1.84 bits per heavy atom. The van der Waals surface area contributed by atoms with Crippen molar-refractivity contribution in [2.45, 2.75) is 13.3 Å². The summed E-state index contributed by atoms with van der Waals surface area (Å²) in [6, 6.07) is 8.92. The van der Waals surface area contributed by atoms with Crippen molar-refractivity contribution >= 4 is 11.8 Å². The smallest absolute Gasteiger partial charge is 0.335 e. The van der Waals surface area contributed by atoms with E-state index in [2.05, 4.69) is 0 Å². The molecule has 0 bridgehead atoms. The highest BCUT2D eigenvalue weighted by atomic mass is 16.5. The molecule has 0 spiro atoms. The van der Waals surface area contributed by atoms with E-state index < -0.39 is 5.97 Å². The zero-order valence-electron chi connectivity index (χ0n) is 11.6. The molecule has 19 heavy (non-hydrogen) atoms. The van der Waals surface area contributed by atoms with Crippen LogP contribution in [0.3, 0.4) is 0 Å². The maximum Gasteiger partial charge on any atom is 0.335 e. The molecule has 0 unspecified atom stereocenters. The molecule has 1 aromatic rings. The van der Waals surface area contributed by atoms with E-state index in [0.717, 1.165) is 0 Å². The number of hydrogen-bond donors (Lipinski definition) is 0. The molecule has 0 radical (unpaired) electrons. The van der Waals surface area contributed by atoms with Gasteiger partial charge < -0.3 is 9.64 Å². The number of ketones is 1. The Morgan fingerprint density at radius 1 is 1.21 bits per heavy atom. The Labute approximate surface area is 113 Å². The minimum absolute atomic E-state index is 0.0427. The Hall–Kier alpha value is -2.10. The van der Waals surface area contributed by atoms with Gasteiger partial charge >= 0.3 is 5.97 Å². The number of Topliss-reactive ketones (excluding diaryl/α,β-unsaturated/α-hetero) is 1. The number of esters is 1. The minimum atomic E-state index is -0.444. The van der Waals surface area contributed by atoms with Gasteiger partial charge in [-0.1, -0.05) is 30.3 Å². The van der Waals surface area contributed by atoms with Crippen LogP contribution in [-0.2, 0) is 9.53 Å². The second-order valence-corrected chi connectivity index (χ2v) is 4.30. The van der Waals surface area contributed by atoms with Crippen molar-refractivity contribution in [2.75, 3.05) is 20.7 Å². The zero-order chi connectivity index (χ0) is 14.3. The van der Waals surface area contributed by atoms with E-state index in [9.17, 15) is 9.59 Å². The van der Waals surface area contributed by atoms with Crippen molar-refractivity contribution < 1.29 is 14.3 Å². The van der Waals surface area contributed by atoms with E-state index in [1.54, 1.807) is 56.4 Å². The van der Waals surface area contributed by atoms with Gasteiger partial charge in [0.05, 0.1) is 12.2 Å². The first-order valence-electron chi connectivity index (χ1n) is 6.17. The fourth-order valence-corrected chi connectivity index (χ4v) is 1.61. The van der Waals surface area contributed by atoms with Gasteiger partial charge in [-0.25, -0.2) is 4.79 Å². The van der Waals surface area contributed by atoms with Crippen molar-refractivity contribution in [3.05, 3.63) is 47.7 Å². The molecule has 0 aliphatic carbocycles. The molecular weight excluding hydrogens is 242 g/mol. The number of carbonyl (C=O) groups excluding carboxylic acids is 2. The van der Waals surface area contributed by atoms with Crippen LogP contribution in [0.5, 0.6) is 0 Å². The Kier molecular flexibility index (Phi) is 5.79. The summed E-state index contributed by atoms with van der Waals surface area (Å²) in [7, 11) is 3.60. The lowest BCUT2D eigenvalue weighted by atomic mass is 10.0. The molecule has 1 aromatic carbocycles. The first-order valence-corrected chi connectivity index (χ1v) is 6.17. The fourth-order valence-electron chi connectivity index (χ4n) is 1.61. The van der Waals surface area contributed by atoms with Gasteiger partial charge in [0.1, 0.15) is 0 Å². The largest absolute Gasteiger partial charge is 0.463 e. The van der Waals surface area contributed by atoms with Gasteiger partial charge in [0.25, 0.3) is 0 Å². The number of benzene rings is 1. The molecule has 0 N–H and O–H groups in total. The lowest BCUT2D eigenvalue weighted by Crippen LogP contribution is -2.15. The fraction of sp³-hybridized carbons (Fsp3) is 0.333. The van der Waals surface area contributed by atoms with Crippen LogP contribution in [0.1, 0.15) is 23.7 Å². The molecule has 0 amide bonds. The summed E-state index contributed by atoms with van der Waals surface area (Å²) >= 11 is 0. The summed E-state index contributed by atoms with van der Waals surface area (Å²) in [5.74, 6) is -0.540. The highest BCUT2D eigenvalue weighted by molar-refractivity contribution is 6.03. The Bertz CT molecular complexity index is 464. The molecule has 0 heterocycles. The minimum Gasteiger partial charge on any atom is -0.463 e. The van der Waals surface area contributed by atoms with E-state index in [4.69, 9.17) is 4.74 Å². The monoisotopic (exact) mass is 261 g/mol. The van der Waals surface area contributed by atoms with Crippen molar-refractivity contribution in [3.8, 4) is 0 Å². The third kappa shape index (κ3) is 4.95. The maximum absolute atomic E-state index is 12.1. The standard InChI is InChI=1S/C15H19NO3/c1-4-19-15(18)13(11-16(2)3)10-14(17)12-8-6-5-7-9-12/h5-9,11H,4,10H2,1-3H3. The van der Waals surface area contributed by atoms with E-state index >= 15 is 0 Å². The number of rotatable bonds is 6. The Morgan fingerprint density at radius 3 is 2.37 bits per heavy atom. The van der Waals surface area contributed by atoms with Crippen molar-refractivity contribution in [3.63, 3.8) is 0 Å². The number of carbonyl (C=O) groups is 2. The van der Waals surface area contributed by atoms with E-state index in [1.807, 2.05) is 6.07 Å². The molecule has 102 valence electrons. The number of nitrogens with zero attached hydrogens (tertiary/aromatic N) is 1. The van der Waals surface area contributed by atoms with Gasteiger partial charge in [0.15, 0.2) is 5.78 Å². The van der Waals surface area contributed by atoms with Crippen LogP contribution in [0.4, 0.5) is 0 Å². The average Bonchev–Trinajstić information content (AvgIpc) is 2.38. The molecule has 0 aromatic heterocycles. The van der Waals surface area contributed by atoms with E-state index in [0.29, 0.717) is 17.7 Å². The maximum atomic E-state index is 12.1. The Balaban J connectivity index is 2.84. The van der Waals surface area contributed by atoms with Gasteiger partial charge in [-0.2, -0.15) is 0 Å². The second kappa shape index (κ2) is 7.36. The van der Waals surface area contributed by atoms with Crippen LogP contribution in [0.2, 0.25) is 0 Å². The second-order valence-electron chi connectivity index (χ2n) is 4.30. The molecular formula is C15H19NO3. The van der Waals surface area contributed by atoms with Crippen LogP contribution < -0.4 is 0 Å². The summed E-state index contributed by atoms with van der Waals surface area (Å²) in [5, 5.41) is 0. The van der Waals surface area contributed by atoms with Crippen LogP contribution in [0, 0.1) is 0 Å². The molecule has 4 nitrogen and oxygen atoms in total. The molecule has 0 atom stereocenters. The molecule has 0 fully saturated rings. The quantitative estimate of drug-likeness (QED) is 0.448. The molecule has 0 aliphatic rings. The third-order valence-corrected chi connectivity index (χ3v) is 2.40. The molecule has 0 saturated carbocycles. The van der Waals surface area contributed by atoms with Gasteiger partial charge in [0.2, 0.25) is 0 Å². The summed E-state index contributed by atoms with van der Waals surface area (Å²) in [4.78, 5) is 25.6. The topological polar surface area (TPSA) is 46.6 Å². The normalized spacial score (nSPS) is 11.0. The summed E-state index contributed by atoms with van der Waals surface area (Å²) in [6.45, 7) is 2.04. The first-order chi connectivity index (χ1) is 9.04. The van der Waals surface area contributed by atoms with E-state index in [1.165, 1.54) is 0 Å². The summed E-state index contributed by atoms with van der Waals surface area (Å²) in [6.07, 6.45) is 1.67. The van der Waals surface area contributed by atoms with Gasteiger partial charge in [-0.3, -0.25) is 4.79 Å². The first kappa shape index (κ1) is 15.0. The highest BCUT2D eigenvalue weighted by Gasteiger charge is 2.16. The van der Waals surface area contributed by atoms with Crippen LogP contribution in [-0.4, -0.2) is 37.4 Å². The molecule has 0 saturated heterocycles. The van der Waals surface area contributed by atoms with Crippen molar-refractivity contribution in [1.29, 1.82) is 0 Å². The number of ether oxygens (including phenoxy) is 1. The summed E-state index contributed by atoms with van der Waals surface area (Å²) in [5.41, 5.74) is 0.956. The molecule has 1 rings (SSSR count). The molecule has 0 aliphatic heterocycles. The number of hydrogen-bond acceptors (Lipinski definition) is 4. The van der Waals surface area contributed by atoms with E-state index in [-0.39, 0.29) is 12.2 Å². The van der Waals surface area contributed by atoms with Crippen molar-refractivity contribution in [1.82, 2.24) is 4.90 Å². The van der Waals surface area contributed by atoms with Crippen molar-refractivity contribution in [2.24, 2.45) is 0 Å². The lowest BCUT2D eigenvalue weighted by Gasteiger charge is -2.11. The summed E-state index contributed by atoms with van der Waals surface area (Å²) < 4.78 is 4.96. The van der Waals surface area contributed by atoms with Crippen LogP contribution >= 0.6 is 0 Å². The van der Waals surface area contributed by atoms with Gasteiger partial charge in [0, 0.05) is 32.3 Å². The zero-order valence-corrected chi connectivity index (χ0v) is 11.6. The van der Waals surface area contributed by atoms with Gasteiger partial charge in [-0.15, -0.1) is 0 Å². The highest BCUT2D eigenvalue weighted by Crippen LogP contribution is 2.11. The average molecular weight is 261 g/mol. The SMILES string of the molecule is CCOC(=O)C(=CN(C)C)CC(=O)c1ccccc1. The predicted octanol–water partition coefficient (Wildman–Crippen LogP) is 2.27. The lowest BCUT2D eigenvalue weighted by molar-refractivity contribution is -0.138. The third-order valence-electron chi connectivity index (χ3n) is 2.40. The predicted molar refractivity (Wildman–Crippen MR) is 73.8 cm³/mol. The van der Waals surface area contributed by atoms with Crippen LogP contribution in [0.25, 0.3) is 0 Å². The van der Waals surface area contributed by atoms with Crippen LogP contribution in [0.15, 0.2) is 42.1 Å².